The first-order valence-corrected chi connectivity index (χ1v) is 9.86. The Balaban J connectivity index is 2.00. The van der Waals surface area contributed by atoms with Crippen molar-refractivity contribution in [1.82, 2.24) is 0 Å². The van der Waals surface area contributed by atoms with Crippen LogP contribution in [-0.4, -0.2) is 12.1 Å². The van der Waals surface area contributed by atoms with Gasteiger partial charge in [-0.2, -0.15) is 0 Å². The van der Waals surface area contributed by atoms with Crippen LogP contribution in [0.4, 0.5) is 0 Å². The summed E-state index contributed by atoms with van der Waals surface area (Å²) in [6.45, 7) is 7.31. The molecule has 0 bridgehead atoms. The summed E-state index contributed by atoms with van der Waals surface area (Å²) in [4.78, 5) is 16.0. The van der Waals surface area contributed by atoms with Crippen LogP contribution < -0.4 is 0 Å². The highest BCUT2D eigenvalue weighted by molar-refractivity contribution is 7.97. The maximum Gasteiger partial charge on any atom is 0.339 e. The van der Waals surface area contributed by atoms with Gasteiger partial charge in [-0.1, -0.05) is 55.6 Å². The molecule has 3 aromatic rings. The highest BCUT2D eigenvalue weighted by atomic mass is 32.2. The molecule has 0 heterocycles. The maximum atomic E-state index is 12.5. The van der Waals surface area contributed by atoms with Crippen LogP contribution in [0.3, 0.4) is 0 Å². The molecule has 0 aliphatic rings. The van der Waals surface area contributed by atoms with Gasteiger partial charge in [0.05, 0.1) is 16.5 Å². The van der Waals surface area contributed by atoms with E-state index in [-0.39, 0.29) is 16.9 Å². The van der Waals surface area contributed by atoms with Crippen LogP contribution in [0.15, 0.2) is 125 Å². The quantitative estimate of drug-likeness (QED) is 0.303. The van der Waals surface area contributed by atoms with Gasteiger partial charge in [-0.05, 0) is 48.6 Å². The molecule has 0 fully saturated rings. The zero-order chi connectivity index (χ0) is 19.1. The average molecular weight is 373 g/mol. The first kappa shape index (κ1) is 18.7. The van der Waals surface area contributed by atoms with Gasteiger partial charge in [0.1, 0.15) is 6.10 Å². The predicted molar refractivity (Wildman–Crippen MR) is 111 cm³/mol. The number of carbonyl (C=O) groups is 1. The number of hydrogen-bond acceptors (Lipinski definition) is 2. The van der Waals surface area contributed by atoms with Gasteiger partial charge in [0.2, 0.25) is 0 Å². The fourth-order valence-electron chi connectivity index (χ4n) is 2.66. The molecule has 0 radical (unpaired) electrons. The highest BCUT2D eigenvalue weighted by Gasteiger charge is 2.29. The average Bonchev–Trinajstić information content (AvgIpc) is 2.74. The van der Waals surface area contributed by atoms with E-state index in [2.05, 4.69) is 43.5 Å². The normalized spacial score (nSPS) is 10.6. The van der Waals surface area contributed by atoms with Crippen molar-refractivity contribution >= 4 is 16.9 Å². The Kier molecular flexibility index (Phi) is 6.29. The van der Waals surface area contributed by atoms with Crippen LogP contribution in [0.2, 0.25) is 0 Å². The van der Waals surface area contributed by atoms with E-state index in [9.17, 15) is 4.79 Å². The minimum absolute atomic E-state index is 0.306. The standard InChI is InChI=1S/C24H21O2S/c1-3-20(4-2)26-24(25)19-12-11-17-23(18-19)27(21-13-7-5-8-14-21)22-15-9-6-10-16-22/h3-18,20H,1-2H2/q+1. The van der Waals surface area contributed by atoms with E-state index < -0.39 is 6.10 Å². The summed E-state index contributed by atoms with van der Waals surface area (Å²) < 4.78 is 5.41. The minimum Gasteiger partial charge on any atom is -0.450 e. The number of esters is 1. The van der Waals surface area contributed by atoms with E-state index in [0.717, 1.165) is 4.90 Å². The molecule has 0 saturated carbocycles. The number of rotatable bonds is 7. The molecular formula is C24H21O2S+. The fourth-order valence-corrected chi connectivity index (χ4v) is 4.79. The Morgan fingerprint density at radius 3 is 1.81 bits per heavy atom. The summed E-state index contributed by atoms with van der Waals surface area (Å²) >= 11 is 0. The summed E-state index contributed by atoms with van der Waals surface area (Å²) in [7, 11) is -0.306. The van der Waals surface area contributed by atoms with Crippen molar-refractivity contribution < 1.29 is 9.53 Å². The lowest BCUT2D eigenvalue weighted by molar-refractivity contribution is 0.0464. The van der Waals surface area contributed by atoms with Crippen molar-refractivity contribution in [3.8, 4) is 0 Å². The zero-order valence-electron chi connectivity index (χ0n) is 15.0. The van der Waals surface area contributed by atoms with Crippen LogP contribution in [0, 0.1) is 0 Å². The van der Waals surface area contributed by atoms with Gasteiger partial charge in [0.25, 0.3) is 0 Å². The molecule has 0 aliphatic carbocycles. The number of carbonyl (C=O) groups excluding carboxylic acids is 1. The number of hydrogen-bond donors (Lipinski definition) is 0. The Hall–Kier alpha value is -3.04. The lowest BCUT2D eigenvalue weighted by Gasteiger charge is -2.11. The van der Waals surface area contributed by atoms with Crippen LogP contribution >= 0.6 is 0 Å². The topological polar surface area (TPSA) is 26.3 Å². The van der Waals surface area contributed by atoms with Crippen LogP contribution in [0.1, 0.15) is 10.4 Å². The van der Waals surface area contributed by atoms with Crippen molar-refractivity contribution in [2.75, 3.05) is 0 Å². The minimum atomic E-state index is -0.498. The van der Waals surface area contributed by atoms with Crippen molar-refractivity contribution in [2.45, 2.75) is 20.8 Å². The largest absolute Gasteiger partial charge is 0.450 e. The third kappa shape index (κ3) is 4.57. The lowest BCUT2D eigenvalue weighted by Crippen LogP contribution is -2.14. The SMILES string of the molecule is C=CC(C=C)OC(=O)c1cccc([S+](c2ccccc2)c2ccccc2)c1. The van der Waals surface area contributed by atoms with Gasteiger partial charge in [-0.25, -0.2) is 4.79 Å². The summed E-state index contributed by atoms with van der Waals surface area (Å²) in [5, 5.41) is 0. The molecule has 0 unspecified atom stereocenters. The molecule has 0 amide bonds. The van der Waals surface area contributed by atoms with Crippen molar-refractivity contribution in [1.29, 1.82) is 0 Å². The molecule has 3 aromatic carbocycles. The van der Waals surface area contributed by atoms with Crippen LogP contribution in [0.5, 0.6) is 0 Å². The van der Waals surface area contributed by atoms with Crippen molar-refractivity contribution in [3.63, 3.8) is 0 Å². The lowest BCUT2D eigenvalue weighted by atomic mass is 10.2. The van der Waals surface area contributed by atoms with Gasteiger partial charge in [0, 0.05) is 6.07 Å². The molecule has 0 spiro atoms. The van der Waals surface area contributed by atoms with E-state index in [1.165, 1.54) is 9.79 Å². The first-order chi connectivity index (χ1) is 13.2. The van der Waals surface area contributed by atoms with Gasteiger partial charge in [0.15, 0.2) is 14.7 Å². The molecule has 0 N–H and O–H groups in total. The molecular weight excluding hydrogens is 352 g/mol. The zero-order valence-corrected chi connectivity index (χ0v) is 15.8. The summed E-state index contributed by atoms with van der Waals surface area (Å²) in [6, 6.07) is 28.3. The Morgan fingerprint density at radius 2 is 1.30 bits per heavy atom. The van der Waals surface area contributed by atoms with Crippen molar-refractivity contribution in [2.24, 2.45) is 0 Å². The Labute approximate surface area is 163 Å². The summed E-state index contributed by atoms with van der Waals surface area (Å²) in [6.07, 6.45) is 2.60. The highest BCUT2D eigenvalue weighted by Crippen LogP contribution is 2.31. The molecule has 27 heavy (non-hydrogen) atoms. The van der Waals surface area contributed by atoms with Crippen LogP contribution in [-0.2, 0) is 15.6 Å². The second-order valence-electron chi connectivity index (χ2n) is 5.80. The van der Waals surface area contributed by atoms with Gasteiger partial charge < -0.3 is 4.74 Å². The maximum absolute atomic E-state index is 12.5. The third-order valence-electron chi connectivity index (χ3n) is 3.97. The van der Waals surface area contributed by atoms with Crippen molar-refractivity contribution in [3.05, 3.63) is 116 Å². The van der Waals surface area contributed by atoms with Gasteiger partial charge in [-0.3, -0.25) is 0 Å². The number of benzene rings is 3. The molecule has 0 aromatic heterocycles. The van der Waals surface area contributed by atoms with E-state index in [1.807, 2.05) is 48.5 Å². The molecule has 0 aliphatic heterocycles. The first-order valence-electron chi connectivity index (χ1n) is 8.63. The van der Waals surface area contributed by atoms with E-state index in [1.54, 1.807) is 18.2 Å². The van der Waals surface area contributed by atoms with E-state index >= 15 is 0 Å². The molecule has 3 heteroatoms. The smallest absolute Gasteiger partial charge is 0.339 e. The van der Waals surface area contributed by atoms with E-state index in [0.29, 0.717) is 5.56 Å². The molecule has 2 nitrogen and oxygen atoms in total. The fraction of sp³-hybridized carbons (Fsp3) is 0.0417. The van der Waals surface area contributed by atoms with Crippen LogP contribution in [0.25, 0.3) is 0 Å². The monoisotopic (exact) mass is 373 g/mol. The third-order valence-corrected chi connectivity index (χ3v) is 6.18. The molecule has 3 rings (SSSR count). The Bertz CT molecular complexity index is 872. The molecule has 0 atom stereocenters. The van der Waals surface area contributed by atoms with Gasteiger partial charge >= 0.3 is 5.97 Å². The second-order valence-corrected chi connectivity index (χ2v) is 7.83. The molecule has 134 valence electrons. The van der Waals surface area contributed by atoms with Gasteiger partial charge in [-0.15, -0.1) is 0 Å². The number of ether oxygens (including phenoxy) is 1. The predicted octanol–water partition coefficient (Wildman–Crippen LogP) is 5.68. The summed E-state index contributed by atoms with van der Waals surface area (Å²) in [5.41, 5.74) is 0.519. The Morgan fingerprint density at radius 1 is 0.778 bits per heavy atom. The summed E-state index contributed by atoms with van der Waals surface area (Å²) in [5.74, 6) is -0.383. The molecule has 0 saturated heterocycles. The van der Waals surface area contributed by atoms with E-state index in [4.69, 9.17) is 4.74 Å². The second kappa shape index (κ2) is 9.06.